The molecule has 1 aliphatic rings. The minimum absolute atomic E-state index is 0.0560. The summed E-state index contributed by atoms with van der Waals surface area (Å²) in [4.78, 5) is 20.3. The zero-order valence-corrected chi connectivity index (χ0v) is 17.5. The quantitative estimate of drug-likeness (QED) is 0.609. The van der Waals surface area contributed by atoms with E-state index in [4.69, 9.17) is 9.72 Å². The molecule has 4 rings (SSSR count). The molecule has 1 amide bonds. The molecule has 0 bridgehead atoms. The molecule has 28 heavy (non-hydrogen) atoms. The molecule has 0 saturated carbocycles. The van der Waals surface area contributed by atoms with Gasteiger partial charge in [0.15, 0.2) is 0 Å². The molecule has 1 unspecified atom stereocenters. The van der Waals surface area contributed by atoms with Gasteiger partial charge < -0.3 is 9.64 Å². The highest BCUT2D eigenvalue weighted by molar-refractivity contribution is 7.07. The highest BCUT2D eigenvalue weighted by atomic mass is 32.1. The van der Waals surface area contributed by atoms with Gasteiger partial charge in [-0.25, -0.2) is 0 Å². The molecule has 0 spiro atoms. The predicted molar refractivity (Wildman–Crippen MR) is 114 cm³/mol. The number of hydrogen-bond donors (Lipinski definition) is 0. The summed E-state index contributed by atoms with van der Waals surface area (Å²) in [5, 5.41) is 5.10. The van der Waals surface area contributed by atoms with Crippen LogP contribution in [0, 0.1) is 20.8 Å². The highest BCUT2D eigenvalue weighted by Crippen LogP contribution is 2.26. The molecule has 3 aromatic rings. The monoisotopic (exact) mass is 394 g/mol. The second kappa shape index (κ2) is 8.02. The second-order valence-corrected chi connectivity index (χ2v) is 8.45. The SMILES string of the molecule is Cc1cc(C(=O)N(Cc2ccsc2)CC2CCCO2)c2ccc(C)c(C)c2n1. The molecule has 2 aromatic heterocycles. The summed E-state index contributed by atoms with van der Waals surface area (Å²) in [6, 6.07) is 8.13. The first-order valence-electron chi connectivity index (χ1n) is 9.82. The van der Waals surface area contributed by atoms with E-state index < -0.39 is 0 Å². The molecule has 1 fully saturated rings. The molecule has 3 heterocycles. The third-order valence-corrected chi connectivity index (χ3v) is 6.28. The van der Waals surface area contributed by atoms with Crippen LogP contribution in [0.5, 0.6) is 0 Å². The van der Waals surface area contributed by atoms with Crippen molar-refractivity contribution in [3.05, 3.63) is 63.0 Å². The minimum Gasteiger partial charge on any atom is -0.376 e. The molecule has 1 aromatic carbocycles. The number of amides is 1. The van der Waals surface area contributed by atoms with Gasteiger partial charge in [-0.05, 0) is 73.2 Å². The van der Waals surface area contributed by atoms with E-state index in [-0.39, 0.29) is 12.0 Å². The Labute approximate surface area is 170 Å². The molecular formula is C23H26N2O2S. The average molecular weight is 395 g/mol. The van der Waals surface area contributed by atoms with Crippen LogP contribution in [-0.2, 0) is 11.3 Å². The van der Waals surface area contributed by atoms with Crippen LogP contribution in [0.1, 0.15) is 45.6 Å². The summed E-state index contributed by atoms with van der Waals surface area (Å²) in [7, 11) is 0. The topological polar surface area (TPSA) is 42.4 Å². The average Bonchev–Trinajstić information content (AvgIpc) is 3.37. The Kier molecular flexibility index (Phi) is 5.47. The molecule has 1 atom stereocenters. The summed E-state index contributed by atoms with van der Waals surface area (Å²) in [5.74, 6) is 0.0560. The van der Waals surface area contributed by atoms with E-state index in [1.807, 2.05) is 24.0 Å². The Morgan fingerprint density at radius 2 is 2.14 bits per heavy atom. The van der Waals surface area contributed by atoms with Gasteiger partial charge in [-0.2, -0.15) is 11.3 Å². The lowest BCUT2D eigenvalue weighted by Crippen LogP contribution is -2.37. The van der Waals surface area contributed by atoms with Crippen molar-refractivity contribution in [1.29, 1.82) is 0 Å². The van der Waals surface area contributed by atoms with Crippen LogP contribution in [-0.4, -0.2) is 35.0 Å². The van der Waals surface area contributed by atoms with Crippen molar-refractivity contribution < 1.29 is 9.53 Å². The fourth-order valence-corrected chi connectivity index (χ4v) is 4.52. The van der Waals surface area contributed by atoms with E-state index in [0.29, 0.717) is 13.1 Å². The molecule has 0 aliphatic carbocycles. The lowest BCUT2D eigenvalue weighted by atomic mass is 10.00. The van der Waals surface area contributed by atoms with Crippen LogP contribution >= 0.6 is 11.3 Å². The first-order valence-corrected chi connectivity index (χ1v) is 10.8. The number of aryl methyl sites for hydroxylation is 3. The molecule has 146 valence electrons. The van der Waals surface area contributed by atoms with Gasteiger partial charge in [0.1, 0.15) is 0 Å². The van der Waals surface area contributed by atoms with Gasteiger partial charge in [0.05, 0.1) is 17.2 Å². The number of pyridine rings is 1. The van der Waals surface area contributed by atoms with Crippen LogP contribution in [0.4, 0.5) is 0 Å². The van der Waals surface area contributed by atoms with E-state index >= 15 is 0 Å². The largest absolute Gasteiger partial charge is 0.376 e. The molecule has 0 N–H and O–H groups in total. The number of rotatable bonds is 5. The van der Waals surface area contributed by atoms with Crippen LogP contribution < -0.4 is 0 Å². The van der Waals surface area contributed by atoms with Crippen LogP contribution in [0.2, 0.25) is 0 Å². The number of carbonyl (C=O) groups excluding carboxylic acids is 1. The number of benzene rings is 1. The summed E-state index contributed by atoms with van der Waals surface area (Å²) in [6.07, 6.45) is 2.21. The zero-order valence-electron chi connectivity index (χ0n) is 16.7. The number of thiophene rings is 1. The van der Waals surface area contributed by atoms with Gasteiger partial charge in [0.2, 0.25) is 0 Å². The van der Waals surface area contributed by atoms with Gasteiger partial charge in [-0.1, -0.05) is 12.1 Å². The Morgan fingerprint density at radius 1 is 1.29 bits per heavy atom. The van der Waals surface area contributed by atoms with E-state index in [1.165, 1.54) is 11.1 Å². The Balaban J connectivity index is 1.74. The summed E-state index contributed by atoms with van der Waals surface area (Å²) in [5.41, 5.74) is 6.03. The number of nitrogens with zero attached hydrogens (tertiary/aromatic N) is 2. The van der Waals surface area contributed by atoms with E-state index in [2.05, 4.69) is 36.7 Å². The molecular weight excluding hydrogens is 368 g/mol. The van der Waals surface area contributed by atoms with Crippen LogP contribution in [0.15, 0.2) is 35.0 Å². The smallest absolute Gasteiger partial charge is 0.254 e. The van der Waals surface area contributed by atoms with Crippen molar-refractivity contribution in [1.82, 2.24) is 9.88 Å². The number of carbonyl (C=O) groups is 1. The Bertz CT molecular complexity index is 992. The zero-order chi connectivity index (χ0) is 19.7. The van der Waals surface area contributed by atoms with Crippen molar-refractivity contribution in [3.63, 3.8) is 0 Å². The van der Waals surface area contributed by atoms with Crippen molar-refractivity contribution in [2.24, 2.45) is 0 Å². The standard InChI is InChI=1S/C23H26N2O2S/c1-15-6-7-20-21(11-16(2)24-22(20)17(15)3)23(26)25(12-18-8-10-28-14-18)13-19-5-4-9-27-19/h6-8,10-11,14,19H,4-5,9,12-13H2,1-3H3. The highest BCUT2D eigenvalue weighted by Gasteiger charge is 2.25. The maximum atomic E-state index is 13.7. The van der Waals surface area contributed by atoms with E-state index in [1.54, 1.807) is 11.3 Å². The number of hydrogen-bond acceptors (Lipinski definition) is 4. The predicted octanol–water partition coefficient (Wildman–Crippen LogP) is 5.04. The lowest BCUT2D eigenvalue weighted by molar-refractivity contribution is 0.0509. The Morgan fingerprint density at radius 3 is 2.86 bits per heavy atom. The first-order chi connectivity index (χ1) is 13.5. The van der Waals surface area contributed by atoms with E-state index in [9.17, 15) is 4.79 Å². The van der Waals surface area contributed by atoms with Gasteiger partial charge in [-0.15, -0.1) is 0 Å². The maximum Gasteiger partial charge on any atom is 0.254 e. The number of fused-ring (bicyclic) bond motifs is 1. The number of ether oxygens (including phenoxy) is 1. The van der Waals surface area contributed by atoms with Gasteiger partial charge in [-0.3, -0.25) is 9.78 Å². The van der Waals surface area contributed by atoms with Crippen molar-refractivity contribution in [3.8, 4) is 0 Å². The van der Waals surface area contributed by atoms with Gasteiger partial charge in [0.25, 0.3) is 5.91 Å². The fourth-order valence-electron chi connectivity index (χ4n) is 3.86. The number of aromatic nitrogens is 1. The molecule has 0 radical (unpaired) electrons. The van der Waals surface area contributed by atoms with Crippen molar-refractivity contribution in [2.45, 2.75) is 46.3 Å². The van der Waals surface area contributed by atoms with E-state index in [0.717, 1.165) is 47.2 Å². The first kappa shape index (κ1) is 19.1. The molecule has 1 saturated heterocycles. The molecule has 4 nitrogen and oxygen atoms in total. The third kappa shape index (κ3) is 3.82. The Hall–Kier alpha value is -2.24. The molecule has 5 heteroatoms. The fraction of sp³-hybridized carbons (Fsp3) is 0.391. The normalized spacial score (nSPS) is 16.6. The summed E-state index contributed by atoms with van der Waals surface area (Å²) >= 11 is 1.66. The summed E-state index contributed by atoms with van der Waals surface area (Å²) < 4.78 is 5.83. The van der Waals surface area contributed by atoms with Gasteiger partial charge in [0, 0.05) is 30.8 Å². The molecule has 1 aliphatic heterocycles. The van der Waals surface area contributed by atoms with Crippen LogP contribution in [0.3, 0.4) is 0 Å². The second-order valence-electron chi connectivity index (χ2n) is 7.67. The maximum absolute atomic E-state index is 13.7. The minimum atomic E-state index is 0.0560. The van der Waals surface area contributed by atoms with Crippen LogP contribution in [0.25, 0.3) is 10.9 Å². The summed E-state index contributed by atoms with van der Waals surface area (Å²) in [6.45, 7) is 8.15. The van der Waals surface area contributed by atoms with Crippen molar-refractivity contribution >= 4 is 28.1 Å². The lowest BCUT2D eigenvalue weighted by Gasteiger charge is -2.26. The third-order valence-electron chi connectivity index (χ3n) is 5.55. The van der Waals surface area contributed by atoms with Crippen molar-refractivity contribution in [2.75, 3.05) is 13.2 Å². The van der Waals surface area contributed by atoms with Gasteiger partial charge >= 0.3 is 0 Å².